The maximum Gasteiger partial charge on any atom is 0.414 e. The Morgan fingerprint density at radius 3 is 2.07 bits per heavy atom. The molecule has 0 aromatic rings. The first-order chi connectivity index (χ1) is 13.3. The van der Waals surface area contributed by atoms with Gasteiger partial charge in [0.2, 0.25) is 0 Å². The van der Waals surface area contributed by atoms with E-state index in [0.717, 1.165) is 36.9 Å². The Morgan fingerprint density at radius 2 is 1.61 bits per heavy atom. The third kappa shape index (κ3) is 5.55. The van der Waals surface area contributed by atoms with Gasteiger partial charge in [0.25, 0.3) is 0 Å². The zero-order valence-corrected chi connectivity index (χ0v) is 17.0. The number of morpholine rings is 1. The van der Waals surface area contributed by atoms with Gasteiger partial charge in [0.1, 0.15) is 0 Å². The summed E-state index contributed by atoms with van der Waals surface area (Å²) in [6.07, 6.45) is 11.4. The number of nitrogens with zero attached hydrogens (tertiary/aromatic N) is 2. The summed E-state index contributed by atoms with van der Waals surface area (Å²) in [4.78, 5) is 23.7. The number of carboxylic acid groups (broad SMARTS) is 2. The minimum atomic E-state index is -1.82. The second-order valence-electron chi connectivity index (χ2n) is 8.89. The second kappa shape index (κ2) is 9.37. The number of ether oxygens (including phenoxy) is 1. The van der Waals surface area contributed by atoms with Crippen molar-refractivity contribution >= 4 is 11.9 Å². The largest absolute Gasteiger partial charge is 0.473 e. The van der Waals surface area contributed by atoms with Crippen molar-refractivity contribution in [2.24, 2.45) is 17.8 Å². The summed E-state index contributed by atoms with van der Waals surface area (Å²) >= 11 is 0. The molecular formula is C21H34N2O5. The number of carbonyl (C=O) groups is 2. The summed E-state index contributed by atoms with van der Waals surface area (Å²) in [7, 11) is 0. The molecule has 5 unspecified atom stereocenters. The molecule has 7 nitrogen and oxygen atoms in total. The van der Waals surface area contributed by atoms with Crippen molar-refractivity contribution in [3.63, 3.8) is 0 Å². The van der Waals surface area contributed by atoms with Crippen LogP contribution in [0.15, 0.2) is 12.2 Å². The van der Waals surface area contributed by atoms with Crippen molar-refractivity contribution in [2.45, 2.75) is 57.8 Å². The van der Waals surface area contributed by atoms with Crippen molar-refractivity contribution in [1.82, 2.24) is 9.80 Å². The van der Waals surface area contributed by atoms with E-state index in [1.807, 2.05) is 0 Å². The highest BCUT2D eigenvalue weighted by molar-refractivity contribution is 6.27. The standard InChI is InChI=1S/C19H32N2O.C2H2O4/c1-14-11-21(12-15(2)22-14)19-5-7-20(8-6-19)13-18-10-16-3-4-17(18)9-16;3-1(4)2(5)6/h3-4,14-19H,5-13H2,1-2H3;(H,3,4)(H,5,6). The maximum atomic E-state index is 9.10. The molecule has 2 heterocycles. The average Bonchev–Trinajstić information content (AvgIpc) is 3.25. The molecule has 0 spiro atoms. The minimum absolute atomic E-state index is 0.405. The number of carboxylic acids is 2. The maximum absolute atomic E-state index is 9.10. The fraction of sp³-hybridized carbons (Fsp3) is 0.810. The molecule has 158 valence electrons. The molecule has 2 saturated heterocycles. The molecule has 0 amide bonds. The number of rotatable bonds is 3. The Labute approximate surface area is 167 Å². The van der Waals surface area contributed by atoms with Gasteiger partial charge in [0, 0.05) is 25.7 Å². The number of aliphatic carboxylic acids is 2. The van der Waals surface area contributed by atoms with Crippen LogP contribution in [0.3, 0.4) is 0 Å². The molecule has 2 bridgehead atoms. The van der Waals surface area contributed by atoms with Gasteiger partial charge >= 0.3 is 11.9 Å². The number of piperidine rings is 1. The van der Waals surface area contributed by atoms with Crippen LogP contribution in [0.5, 0.6) is 0 Å². The highest BCUT2D eigenvalue weighted by Crippen LogP contribution is 2.43. The van der Waals surface area contributed by atoms with E-state index in [1.54, 1.807) is 0 Å². The van der Waals surface area contributed by atoms with E-state index in [4.69, 9.17) is 24.5 Å². The molecule has 1 saturated carbocycles. The van der Waals surface area contributed by atoms with E-state index in [1.165, 1.54) is 45.3 Å². The first kappa shape index (κ1) is 21.3. The van der Waals surface area contributed by atoms with E-state index in [9.17, 15) is 0 Å². The van der Waals surface area contributed by atoms with Crippen LogP contribution in [0.4, 0.5) is 0 Å². The van der Waals surface area contributed by atoms with E-state index in [2.05, 4.69) is 35.8 Å². The topological polar surface area (TPSA) is 90.3 Å². The Hall–Kier alpha value is -1.44. The monoisotopic (exact) mass is 394 g/mol. The summed E-state index contributed by atoms with van der Waals surface area (Å²) in [5.41, 5.74) is 0. The summed E-state index contributed by atoms with van der Waals surface area (Å²) in [5, 5.41) is 14.8. The van der Waals surface area contributed by atoms with Gasteiger partial charge in [-0.15, -0.1) is 0 Å². The molecule has 3 fully saturated rings. The summed E-state index contributed by atoms with van der Waals surface area (Å²) < 4.78 is 5.89. The SMILES string of the molecule is CC1CN(C2CCN(CC3CC4C=CC3C4)CC2)CC(C)O1.O=C(O)C(=O)O. The lowest BCUT2D eigenvalue weighted by atomic mass is 9.92. The highest BCUT2D eigenvalue weighted by atomic mass is 16.5. The van der Waals surface area contributed by atoms with Gasteiger partial charge in [-0.3, -0.25) is 4.90 Å². The Bertz CT molecular complexity index is 565. The number of allylic oxidation sites excluding steroid dienone is 2. The van der Waals surface area contributed by atoms with Crippen LogP contribution in [0.2, 0.25) is 0 Å². The fourth-order valence-corrected chi connectivity index (χ4v) is 5.42. The quantitative estimate of drug-likeness (QED) is 0.558. The lowest BCUT2D eigenvalue weighted by molar-refractivity contribution is -0.159. The number of likely N-dealkylation sites (tertiary alicyclic amines) is 1. The number of hydrogen-bond acceptors (Lipinski definition) is 5. The van der Waals surface area contributed by atoms with Crippen molar-refractivity contribution in [3.8, 4) is 0 Å². The lowest BCUT2D eigenvalue weighted by Crippen LogP contribution is -2.53. The molecule has 0 aromatic carbocycles. The molecular weight excluding hydrogens is 360 g/mol. The number of fused-ring (bicyclic) bond motifs is 2. The van der Waals surface area contributed by atoms with Crippen LogP contribution >= 0.6 is 0 Å². The van der Waals surface area contributed by atoms with Gasteiger partial charge in [-0.2, -0.15) is 0 Å². The van der Waals surface area contributed by atoms with Crippen molar-refractivity contribution in [1.29, 1.82) is 0 Å². The molecule has 2 aliphatic carbocycles. The van der Waals surface area contributed by atoms with Crippen molar-refractivity contribution in [3.05, 3.63) is 12.2 Å². The minimum Gasteiger partial charge on any atom is -0.473 e. The van der Waals surface area contributed by atoms with Crippen molar-refractivity contribution < 1.29 is 24.5 Å². The van der Waals surface area contributed by atoms with Gasteiger partial charge in [-0.25, -0.2) is 9.59 Å². The molecule has 2 N–H and O–H groups in total. The molecule has 0 radical (unpaired) electrons. The predicted molar refractivity (Wildman–Crippen MR) is 105 cm³/mol. The Kier molecular flexibility index (Phi) is 7.12. The van der Waals surface area contributed by atoms with Gasteiger partial charge in [-0.05, 0) is 70.4 Å². The average molecular weight is 395 g/mol. The number of hydrogen-bond donors (Lipinski definition) is 2. The fourth-order valence-electron chi connectivity index (χ4n) is 5.42. The van der Waals surface area contributed by atoms with Crippen LogP contribution in [-0.4, -0.2) is 82.9 Å². The molecule has 2 aliphatic heterocycles. The predicted octanol–water partition coefficient (Wildman–Crippen LogP) is 1.93. The van der Waals surface area contributed by atoms with E-state index in [0.29, 0.717) is 12.2 Å². The molecule has 0 aromatic heterocycles. The van der Waals surface area contributed by atoms with Gasteiger partial charge in [0.05, 0.1) is 12.2 Å². The summed E-state index contributed by atoms with van der Waals surface area (Å²) in [6.45, 7) is 10.7. The third-order valence-electron chi connectivity index (χ3n) is 6.61. The van der Waals surface area contributed by atoms with E-state index in [-0.39, 0.29) is 0 Å². The van der Waals surface area contributed by atoms with E-state index >= 15 is 0 Å². The zero-order valence-electron chi connectivity index (χ0n) is 17.0. The third-order valence-corrected chi connectivity index (χ3v) is 6.61. The second-order valence-corrected chi connectivity index (χ2v) is 8.89. The molecule has 4 rings (SSSR count). The van der Waals surface area contributed by atoms with Crippen LogP contribution in [-0.2, 0) is 14.3 Å². The lowest BCUT2D eigenvalue weighted by Gasteiger charge is -2.44. The van der Waals surface area contributed by atoms with Gasteiger partial charge in [0.15, 0.2) is 0 Å². The Balaban J connectivity index is 0.000000330. The van der Waals surface area contributed by atoms with Crippen LogP contribution in [0.25, 0.3) is 0 Å². The van der Waals surface area contributed by atoms with Gasteiger partial charge < -0.3 is 19.8 Å². The Morgan fingerprint density at radius 1 is 1.00 bits per heavy atom. The van der Waals surface area contributed by atoms with E-state index < -0.39 is 11.9 Å². The summed E-state index contributed by atoms with van der Waals surface area (Å²) in [6, 6.07) is 0.796. The summed E-state index contributed by atoms with van der Waals surface area (Å²) in [5.74, 6) is -0.868. The van der Waals surface area contributed by atoms with Crippen LogP contribution in [0.1, 0.15) is 39.5 Å². The molecule has 7 heteroatoms. The first-order valence-corrected chi connectivity index (χ1v) is 10.6. The molecule has 28 heavy (non-hydrogen) atoms. The first-order valence-electron chi connectivity index (χ1n) is 10.6. The molecule has 5 atom stereocenters. The normalized spacial score (nSPS) is 36.1. The van der Waals surface area contributed by atoms with Crippen molar-refractivity contribution in [2.75, 3.05) is 32.7 Å². The highest BCUT2D eigenvalue weighted by Gasteiger charge is 2.37. The smallest absolute Gasteiger partial charge is 0.414 e. The zero-order chi connectivity index (χ0) is 20.3. The van der Waals surface area contributed by atoms with Gasteiger partial charge in [-0.1, -0.05) is 12.2 Å². The van der Waals surface area contributed by atoms with Crippen LogP contribution in [0, 0.1) is 17.8 Å². The van der Waals surface area contributed by atoms with Crippen LogP contribution < -0.4 is 0 Å². The molecule has 4 aliphatic rings.